The van der Waals surface area contributed by atoms with E-state index >= 15 is 0 Å². The first-order valence-corrected chi connectivity index (χ1v) is 7.38. The van der Waals surface area contributed by atoms with Crippen molar-refractivity contribution in [3.8, 4) is 5.95 Å². The van der Waals surface area contributed by atoms with Crippen LogP contribution in [0.25, 0.3) is 5.95 Å². The summed E-state index contributed by atoms with van der Waals surface area (Å²) in [5, 5.41) is 3.13. The van der Waals surface area contributed by atoms with Crippen LogP contribution in [0.5, 0.6) is 0 Å². The number of hydrogen-bond acceptors (Lipinski definition) is 7. The molecule has 0 atom stereocenters. The number of nitrogens with two attached hydrogens (primary N) is 1. The summed E-state index contributed by atoms with van der Waals surface area (Å²) >= 11 is 7.46. The third-order valence-electron chi connectivity index (χ3n) is 2.66. The highest BCUT2D eigenvalue weighted by atomic mass is 35.5. The first-order chi connectivity index (χ1) is 10.2. The number of halogens is 1. The van der Waals surface area contributed by atoms with E-state index in [1.807, 2.05) is 12.1 Å². The van der Waals surface area contributed by atoms with Crippen LogP contribution >= 0.6 is 22.9 Å². The average Bonchev–Trinajstić information content (AvgIpc) is 3.10. The maximum atomic E-state index is 5.89. The quantitative estimate of drug-likeness (QED) is 0.746. The zero-order valence-corrected chi connectivity index (χ0v) is 12.5. The summed E-state index contributed by atoms with van der Waals surface area (Å²) in [6.45, 7) is 0.684. The van der Waals surface area contributed by atoms with Crippen molar-refractivity contribution < 1.29 is 0 Å². The summed E-state index contributed by atoms with van der Waals surface area (Å²) in [5.41, 5.74) is 5.70. The van der Waals surface area contributed by atoms with Gasteiger partial charge in [0.2, 0.25) is 17.8 Å². The van der Waals surface area contributed by atoms with Crippen molar-refractivity contribution in [3.05, 3.63) is 40.1 Å². The van der Waals surface area contributed by atoms with E-state index in [1.165, 1.54) is 4.88 Å². The third kappa shape index (κ3) is 3.47. The fourth-order valence-corrected chi connectivity index (χ4v) is 2.82. The maximum absolute atomic E-state index is 5.89. The highest BCUT2D eigenvalue weighted by molar-refractivity contribution is 7.16. The van der Waals surface area contributed by atoms with Gasteiger partial charge in [0, 0.05) is 23.8 Å². The van der Waals surface area contributed by atoms with Gasteiger partial charge in [0.05, 0.1) is 4.34 Å². The Morgan fingerprint density at radius 1 is 1.29 bits per heavy atom. The minimum atomic E-state index is 0.162. The van der Waals surface area contributed by atoms with Crippen molar-refractivity contribution in [1.29, 1.82) is 0 Å². The number of nitrogens with zero attached hydrogens (tertiary/aromatic N) is 5. The van der Waals surface area contributed by atoms with Crippen molar-refractivity contribution in [2.75, 3.05) is 17.6 Å². The molecule has 108 valence electrons. The van der Waals surface area contributed by atoms with Crippen molar-refractivity contribution in [2.24, 2.45) is 0 Å². The second-order valence-corrected chi connectivity index (χ2v) is 5.97. The maximum Gasteiger partial charge on any atom is 0.241 e. The van der Waals surface area contributed by atoms with Crippen LogP contribution < -0.4 is 11.1 Å². The molecule has 0 saturated carbocycles. The summed E-state index contributed by atoms with van der Waals surface area (Å²) in [4.78, 5) is 17.6. The van der Waals surface area contributed by atoms with E-state index in [0.29, 0.717) is 18.4 Å². The van der Waals surface area contributed by atoms with Crippen molar-refractivity contribution in [3.63, 3.8) is 0 Å². The van der Waals surface area contributed by atoms with Gasteiger partial charge < -0.3 is 11.1 Å². The van der Waals surface area contributed by atoms with Gasteiger partial charge in [-0.3, -0.25) is 4.57 Å². The summed E-state index contributed by atoms with van der Waals surface area (Å²) < 4.78 is 2.46. The normalized spacial score (nSPS) is 10.7. The molecule has 3 aromatic heterocycles. The van der Waals surface area contributed by atoms with E-state index < -0.39 is 0 Å². The molecule has 0 unspecified atom stereocenters. The lowest BCUT2D eigenvalue weighted by Crippen LogP contribution is -2.12. The van der Waals surface area contributed by atoms with E-state index in [9.17, 15) is 0 Å². The van der Waals surface area contributed by atoms with E-state index in [1.54, 1.807) is 34.6 Å². The molecule has 0 aliphatic rings. The van der Waals surface area contributed by atoms with Gasteiger partial charge in [-0.25, -0.2) is 4.98 Å². The van der Waals surface area contributed by atoms with Crippen LogP contribution in [0.1, 0.15) is 4.88 Å². The van der Waals surface area contributed by atoms with Crippen LogP contribution in [0.3, 0.4) is 0 Å². The number of rotatable bonds is 5. The molecule has 0 aliphatic carbocycles. The van der Waals surface area contributed by atoms with E-state index in [0.717, 1.165) is 10.8 Å². The number of imidazole rings is 1. The SMILES string of the molecule is Nc1nc(NCCc2ccc(Cl)s2)nc(-n2ccnc2)n1. The molecule has 9 heteroatoms. The highest BCUT2D eigenvalue weighted by Gasteiger charge is 2.06. The van der Waals surface area contributed by atoms with Crippen LogP contribution in [0, 0.1) is 0 Å². The first kappa shape index (κ1) is 13.8. The fraction of sp³-hybridized carbons (Fsp3) is 0.167. The molecule has 7 nitrogen and oxygen atoms in total. The predicted molar refractivity (Wildman–Crippen MR) is 82.9 cm³/mol. The Morgan fingerprint density at radius 3 is 2.90 bits per heavy atom. The van der Waals surface area contributed by atoms with Gasteiger partial charge in [0.1, 0.15) is 6.33 Å². The molecule has 3 rings (SSSR count). The molecule has 0 spiro atoms. The molecule has 0 saturated heterocycles. The van der Waals surface area contributed by atoms with Gasteiger partial charge in [-0.15, -0.1) is 11.3 Å². The van der Waals surface area contributed by atoms with Crippen LogP contribution in [-0.4, -0.2) is 31.0 Å². The minimum Gasteiger partial charge on any atom is -0.368 e. The minimum absolute atomic E-state index is 0.162. The summed E-state index contributed by atoms with van der Waals surface area (Å²) in [6.07, 6.45) is 5.83. The molecule has 0 radical (unpaired) electrons. The number of nitrogen functional groups attached to an aromatic ring is 1. The molecule has 0 aromatic carbocycles. The molecular weight excluding hydrogens is 310 g/mol. The first-order valence-electron chi connectivity index (χ1n) is 6.19. The Labute approximate surface area is 129 Å². The molecule has 0 fully saturated rings. The number of thiophene rings is 1. The van der Waals surface area contributed by atoms with E-state index in [2.05, 4.69) is 25.3 Å². The summed E-state index contributed by atoms with van der Waals surface area (Å²) in [6, 6.07) is 3.90. The lowest BCUT2D eigenvalue weighted by Gasteiger charge is -2.06. The van der Waals surface area contributed by atoms with Crippen molar-refractivity contribution >= 4 is 34.8 Å². The number of hydrogen-bond donors (Lipinski definition) is 2. The summed E-state index contributed by atoms with van der Waals surface area (Å²) in [5.74, 6) is 1.03. The van der Waals surface area contributed by atoms with Gasteiger partial charge >= 0.3 is 0 Å². The monoisotopic (exact) mass is 321 g/mol. The molecule has 3 aromatic rings. The number of nitrogens with one attached hydrogen (secondary N) is 1. The lowest BCUT2D eigenvalue weighted by atomic mass is 10.3. The van der Waals surface area contributed by atoms with E-state index in [4.69, 9.17) is 17.3 Å². The zero-order valence-electron chi connectivity index (χ0n) is 10.9. The average molecular weight is 322 g/mol. The van der Waals surface area contributed by atoms with Crippen LogP contribution in [-0.2, 0) is 6.42 Å². The zero-order chi connectivity index (χ0) is 14.7. The van der Waals surface area contributed by atoms with Crippen molar-refractivity contribution in [1.82, 2.24) is 24.5 Å². The van der Waals surface area contributed by atoms with Gasteiger partial charge in [-0.2, -0.15) is 15.0 Å². The fourth-order valence-electron chi connectivity index (χ4n) is 1.74. The standard InChI is InChI=1S/C12H12ClN7S/c13-9-2-1-8(21-9)3-4-16-11-17-10(14)18-12(19-11)20-6-5-15-7-20/h1-2,5-7H,3-4H2,(H3,14,16,17,18,19). The Hall–Kier alpha value is -2.19. The molecule has 21 heavy (non-hydrogen) atoms. The molecule has 3 N–H and O–H groups in total. The Kier molecular flexibility index (Phi) is 3.98. The van der Waals surface area contributed by atoms with Gasteiger partial charge in [0.25, 0.3) is 0 Å². The van der Waals surface area contributed by atoms with Gasteiger partial charge in [0.15, 0.2) is 0 Å². The third-order valence-corrected chi connectivity index (χ3v) is 3.95. The highest BCUT2D eigenvalue weighted by Crippen LogP contribution is 2.21. The van der Waals surface area contributed by atoms with Gasteiger partial charge in [-0.1, -0.05) is 11.6 Å². The van der Waals surface area contributed by atoms with E-state index in [-0.39, 0.29) is 5.95 Å². The second-order valence-electron chi connectivity index (χ2n) is 4.17. The Morgan fingerprint density at radius 2 is 2.19 bits per heavy atom. The molecular formula is C12H12ClN7S. The van der Waals surface area contributed by atoms with Crippen LogP contribution in [0.2, 0.25) is 4.34 Å². The number of anilines is 2. The number of aromatic nitrogens is 5. The molecule has 3 heterocycles. The molecule has 0 aliphatic heterocycles. The molecule has 0 amide bonds. The van der Waals surface area contributed by atoms with Crippen LogP contribution in [0.4, 0.5) is 11.9 Å². The largest absolute Gasteiger partial charge is 0.368 e. The molecule has 0 bridgehead atoms. The predicted octanol–water partition coefficient (Wildman–Crippen LogP) is 2.01. The lowest BCUT2D eigenvalue weighted by molar-refractivity contribution is 0.892. The Bertz CT molecular complexity index is 725. The Balaban J connectivity index is 1.68. The second kappa shape index (κ2) is 6.06. The smallest absolute Gasteiger partial charge is 0.241 e. The van der Waals surface area contributed by atoms with Crippen molar-refractivity contribution in [2.45, 2.75) is 6.42 Å². The topological polar surface area (TPSA) is 94.5 Å². The van der Waals surface area contributed by atoms with Gasteiger partial charge in [-0.05, 0) is 18.6 Å². The van der Waals surface area contributed by atoms with Crippen LogP contribution in [0.15, 0.2) is 30.9 Å². The summed E-state index contributed by atoms with van der Waals surface area (Å²) in [7, 11) is 0.